The number of amides is 2. The molecule has 0 aliphatic heterocycles. The van der Waals surface area contributed by atoms with E-state index >= 15 is 0 Å². The number of benzene rings is 2. The van der Waals surface area contributed by atoms with Gasteiger partial charge < -0.3 is 29.6 Å². The van der Waals surface area contributed by atoms with Gasteiger partial charge in [0.25, 0.3) is 0 Å². The van der Waals surface area contributed by atoms with Gasteiger partial charge in [-0.1, -0.05) is 26.0 Å². The van der Waals surface area contributed by atoms with Crippen LogP contribution in [-0.2, 0) is 22.7 Å². The first kappa shape index (κ1) is 27.8. The second kappa shape index (κ2) is 15.5. The summed E-state index contributed by atoms with van der Waals surface area (Å²) >= 11 is 0. The third-order valence-corrected chi connectivity index (χ3v) is 5.17. The number of hydrogen-bond donors (Lipinski definition) is 2. The summed E-state index contributed by atoms with van der Waals surface area (Å²) in [6, 6.07) is 11.2. The molecule has 0 atom stereocenters. The van der Waals surface area contributed by atoms with Crippen LogP contribution in [0, 0.1) is 0 Å². The minimum atomic E-state index is -0.101. The van der Waals surface area contributed by atoms with Gasteiger partial charge in [0.05, 0.1) is 27.4 Å². The van der Waals surface area contributed by atoms with Crippen LogP contribution in [0.3, 0.4) is 0 Å². The van der Waals surface area contributed by atoms with Crippen molar-refractivity contribution in [2.45, 2.75) is 59.0 Å². The highest BCUT2D eigenvalue weighted by molar-refractivity contribution is 5.78. The highest BCUT2D eigenvalue weighted by Crippen LogP contribution is 2.29. The molecule has 2 amide bonds. The number of carbonyl (C=O) groups is 2. The Balaban J connectivity index is 1.70. The van der Waals surface area contributed by atoms with Crippen LogP contribution in [0.1, 0.15) is 57.1 Å². The molecule has 0 unspecified atom stereocenters. The molecule has 0 spiro atoms. The average molecular weight is 487 g/mol. The lowest BCUT2D eigenvalue weighted by Gasteiger charge is -2.12. The van der Waals surface area contributed by atoms with E-state index in [1.54, 1.807) is 14.2 Å². The zero-order valence-corrected chi connectivity index (χ0v) is 21.3. The Labute approximate surface area is 208 Å². The lowest BCUT2D eigenvalue weighted by molar-refractivity contribution is -0.122. The van der Waals surface area contributed by atoms with Crippen molar-refractivity contribution in [3.05, 3.63) is 47.5 Å². The van der Waals surface area contributed by atoms with Crippen molar-refractivity contribution >= 4 is 11.8 Å². The van der Waals surface area contributed by atoms with Gasteiger partial charge in [0, 0.05) is 25.9 Å². The monoisotopic (exact) mass is 486 g/mol. The maximum atomic E-state index is 12.2. The Hall–Kier alpha value is -3.42. The molecule has 0 bridgehead atoms. The highest BCUT2D eigenvalue weighted by Gasteiger charge is 2.10. The SMILES string of the molecule is CCCOc1ccc(CNC(=O)CCCC(=O)NCc2ccc(OCCC)c(OC)c2)cc1OC. The third kappa shape index (κ3) is 9.76. The standard InChI is InChI=1S/C27H38N2O6/c1-5-14-34-22-12-10-20(16-24(22)32-3)18-28-26(30)8-7-9-27(31)29-19-21-11-13-23(35-15-6-2)25(17-21)33-4/h10-13,16-17H,5-9,14-15,18-19H2,1-4H3,(H,28,30)(H,29,31). The summed E-state index contributed by atoms with van der Waals surface area (Å²) in [5.41, 5.74) is 1.83. The first-order chi connectivity index (χ1) is 17.0. The van der Waals surface area contributed by atoms with E-state index < -0.39 is 0 Å². The van der Waals surface area contributed by atoms with Crippen LogP contribution in [0.15, 0.2) is 36.4 Å². The van der Waals surface area contributed by atoms with Gasteiger partial charge in [0.15, 0.2) is 23.0 Å². The molecule has 2 N–H and O–H groups in total. The number of methoxy groups -OCH3 is 2. The van der Waals surface area contributed by atoms with Gasteiger partial charge in [0.1, 0.15) is 0 Å². The molecule has 0 fully saturated rings. The average Bonchev–Trinajstić information content (AvgIpc) is 2.88. The van der Waals surface area contributed by atoms with Crippen LogP contribution < -0.4 is 29.6 Å². The topological polar surface area (TPSA) is 95.1 Å². The van der Waals surface area contributed by atoms with Crippen molar-refractivity contribution in [3.63, 3.8) is 0 Å². The summed E-state index contributed by atoms with van der Waals surface area (Å²) < 4.78 is 22.1. The fraction of sp³-hybridized carbons (Fsp3) is 0.481. The van der Waals surface area contributed by atoms with E-state index in [4.69, 9.17) is 18.9 Å². The molecular formula is C27H38N2O6. The molecule has 35 heavy (non-hydrogen) atoms. The molecule has 0 saturated heterocycles. The molecule has 0 heterocycles. The molecular weight excluding hydrogens is 448 g/mol. The quantitative estimate of drug-likeness (QED) is 0.366. The van der Waals surface area contributed by atoms with E-state index in [0.29, 0.717) is 55.7 Å². The van der Waals surface area contributed by atoms with Crippen LogP contribution in [0.5, 0.6) is 23.0 Å². The number of hydrogen-bond acceptors (Lipinski definition) is 6. The van der Waals surface area contributed by atoms with Crippen molar-refractivity contribution in [1.29, 1.82) is 0 Å². The summed E-state index contributed by atoms with van der Waals surface area (Å²) in [5, 5.41) is 5.77. The molecule has 0 aliphatic carbocycles. The van der Waals surface area contributed by atoms with E-state index in [2.05, 4.69) is 10.6 Å². The van der Waals surface area contributed by atoms with Crippen LogP contribution in [0.25, 0.3) is 0 Å². The van der Waals surface area contributed by atoms with Gasteiger partial charge in [-0.25, -0.2) is 0 Å². The van der Waals surface area contributed by atoms with Crippen molar-refractivity contribution in [2.24, 2.45) is 0 Å². The van der Waals surface area contributed by atoms with Crippen molar-refractivity contribution in [3.8, 4) is 23.0 Å². The first-order valence-corrected chi connectivity index (χ1v) is 12.1. The van der Waals surface area contributed by atoms with Crippen LogP contribution in [0.2, 0.25) is 0 Å². The Bertz CT molecular complexity index is 872. The first-order valence-electron chi connectivity index (χ1n) is 12.1. The largest absolute Gasteiger partial charge is 0.493 e. The Morgan fingerprint density at radius 2 is 1.11 bits per heavy atom. The minimum Gasteiger partial charge on any atom is -0.493 e. The van der Waals surface area contributed by atoms with E-state index in [0.717, 1.165) is 24.0 Å². The van der Waals surface area contributed by atoms with Gasteiger partial charge in [-0.3, -0.25) is 9.59 Å². The molecule has 0 radical (unpaired) electrons. The van der Waals surface area contributed by atoms with Crippen molar-refractivity contribution in [1.82, 2.24) is 10.6 Å². The van der Waals surface area contributed by atoms with E-state index in [1.165, 1.54) is 0 Å². The molecule has 8 nitrogen and oxygen atoms in total. The summed E-state index contributed by atoms with van der Waals surface area (Å²) in [6.45, 7) is 6.09. The fourth-order valence-electron chi connectivity index (χ4n) is 3.29. The fourth-order valence-corrected chi connectivity index (χ4v) is 3.29. The predicted molar refractivity (Wildman–Crippen MR) is 135 cm³/mol. The second-order valence-corrected chi connectivity index (χ2v) is 8.07. The van der Waals surface area contributed by atoms with Crippen molar-refractivity contribution in [2.75, 3.05) is 27.4 Å². The molecule has 8 heteroatoms. The molecule has 2 rings (SSSR count). The molecule has 192 valence electrons. The van der Waals surface area contributed by atoms with E-state index in [9.17, 15) is 9.59 Å². The number of rotatable bonds is 16. The van der Waals surface area contributed by atoms with E-state index in [-0.39, 0.29) is 24.7 Å². The van der Waals surface area contributed by atoms with Gasteiger partial charge >= 0.3 is 0 Å². The zero-order chi connectivity index (χ0) is 25.5. The molecule has 0 saturated carbocycles. The van der Waals surface area contributed by atoms with Gasteiger partial charge in [-0.15, -0.1) is 0 Å². The normalized spacial score (nSPS) is 10.4. The van der Waals surface area contributed by atoms with Gasteiger partial charge in [-0.05, 0) is 54.7 Å². The predicted octanol–water partition coefficient (Wildman–Crippen LogP) is 4.38. The Kier molecular flexibility index (Phi) is 12.3. The second-order valence-electron chi connectivity index (χ2n) is 8.07. The third-order valence-electron chi connectivity index (χ3n) is 5.17. The summed E-state index contributed by atoms with van der Waals surface area (Å²) in [5.74, 6) is 2.46. The highest BCUT2D eigenvalue weighted by atomic mass is 16.5. The molecule has 0 aromatic heterocycles. The zero-order valence-electron chi connectivity index (χ0n) is 21.3. The van der Waals surface area contributed by atoms with Gasteiger partial charge in [-0.2, -0.15) is 0 Å². The lowest BCUT2D eigenvalue weighted by Crippen LogP contribution is -2.25. The maximum absolute atomic E-state index is 12.2. The maximum Gasteiger partial charge on any atom is 0.220 e. The van der Waals surface area contributed by atoms with Gasteiger partial charge in [0.2, 0.25) is 11.8 Å². The Morgan fingerprint density at radius 1 is 0.686 bits per heavy atom. The smallest absolute Gasteiger partial charge is 0.220 e. The lowest BCUT2D eigenvalue weighted by atomic mass is 10.1. The minimum absolute atomic E-state index is 0.101. The Morgan fingerprint density at radius 3 is 1.49 bits per heavy atom. The number of ether oxygens (including phenoxy) is 4. The molecule has 2 aromatic rings. The number of carbonyl (C=O) groups excluding carboxylic acids is 2. The molecule has 2 aromatic carbocycles. The summed E-state index contributed by atoms with van der Waals surface area (Å²) in [7, 11) is 3.18. The van der Waals surface area contributed by atoms with Crippen LogP contribution >= 0.6 is 0 Å². The molecule has 0 aliphatic rings. The summed E-state index contributed by atoms with van der Waals surface area (Å²) in [4.78, 5) is 24.4. The van der Waals surface area contributed by atoms with Crippen molar-refractivity contribution < 1.29 is 28.5 Å². The summed E-state index contributed by atoms with van der Waals surface area (Å²) in [6.07, 6.45) is 2.85. The number of nitrogens with one attached hydrogen (secondary N) is 2. The van der Waals surface area contributed by atoms with Crippen LogP contribution in [-0.4, -0.2) is 39.2 Å². The van der Waals surface area contributed by atoms with Crippen LogP contribution in [0.4, 0.5) is 0 Å². The van der Waals surface area contributed by atoms with E-state index in [1.807, 2.05) is 50.2 Å².